The van der Waals surface area contributed by atoms with E-state index in [0.29, 0.717) is 18.0 Å². The second-order valence-corrected chi connectivity index (χ2v) is 6.82. The predicted octanol–water partition coefficient (Wildman–Crippen LogP) is 3.79. The fourth-order valence-corrected chi connectivity index (χ4v) is 3.13. The first-order valence-electron chi connectivity index (χ1n) is 9.68. The molecular formula is C23H23N3O3. The van der Waals surface area contributed by atoms with Crippen molar-refractivity contribution in [2.75, 3.05) is 18.7 Å². The topological polar surface area (TPSA) is 72.5 Å². The minimum atomic E-state index is -0.210. The summed E-state index contributed by atoms with van der Waals surface area (Å²) in [5.41, 5.74) is 3.58. The number of nitrogens with one attached hydrogen (secondary N) is 2. The summed E-state index contributed by atoms with van der Waals surface area (Å²) >= 11 is 0. The van der Waals surface area contributed by atoms with Crippen molar-refractivity contribution in [3.05, 3.63) is 83.7 Å². The van der Waals surface area contributed by atoms with E-state index < -0.39 is 0 Å². The maximum atomic E-state index is 12.3. The second-order valence-electron chi connectivity index (χ2n) is 6.82. The Kier molecular flexibility index (Phi) is 5.90. The third-order valence-electron chi connectivity index (χ3n) is 4.70. The number of hydrogen-bond acceptors (Lipinski definition) is 5. The molecule has 1 aliphatic heterocycles. The van der Waals surface area contributed by atoms with Crippen LogP contribution in [0.3, 0.4) is 0 Å². The third-order valence-corrected chi connectivity index (χ3v) is 4.70. The van der Waals surface area contributed by atoms with Gasteiger partial charge in [-0.15, -0.1) is 0 Å². The quantitative estimate of drug-likeness (QED) is 0.574. The van der Waals surface area contributed by atoms with E-state index in [-0.39, 0.29) is 12.7 Å². The molecule has 2 heterocycles. The summed E-state index contributed by atoms with van der Waals surface area (Å²) in [5, 5.41) is 6.22. The molecule has 0 saturated carbocycles. The smallest absolute Gasteiger partial charge is 0.270 e. The minimum Gasteiger partial charge on any atom is -0.454 e. The van der Waals surface area contributed by atoms with Gasteiger partial charge in [-0.3, -0.25) is 4.79 Å². The number of benzene rings is 2. The first kappa shape index (κ1) is 18.8. The van der Waals surface area contributed by atoms with Crippen LogP contribution in [0.5, 0.6) is 11.5 Å². The maximum Gasteiger partial charge on any atom is 0.270 e. The number of carbonyl (C=O) groups is 1. The molecule has 3 aromatic rings. The molecule has 1 aliphatic rings. The summed E-state index contributed by atoms with van der Waals surface area (Å²) in [7, 11) is 0. The van der Waals surface area contributed by atoms with Gasteiger partial charge in [0.15, 0.2) is 11.5 Å². The van der Waals surface area contributed by atoms with Crippen LogP contribution in [0.15, 0.2) is 66.9 Å². The van der Waals surface area contributed by atoms with Gasteiger partial charge in [-0.2, -0.15) is 0 Å². The molecule has 29 heavy (non-hydrogen) atoms. The van der Waals surface area contributed by atoms with Gasteiger partial charge in [-0.1, -0.05) is 36.4 Å². The van der Waals surface area contributed by atoms with Gasteiger partial charge in [-0.05, 0) is 48.2 Å². The zero-order chi connectivity index (χ0) is 19.9. The Hall–Kier alpha value is -3.54. The number of nitrogens with zero attached hydrogens (tertiary/aromatic N) is 1. The Bertz CT molecular complexity index is 959. The third kappa shape index (κ3) is 5.04. The van der Waals surface area contributed by atoms with E-state index in [1.165, 1.54) is 5.56 Å². The molecule has 1 aromatic heterocycles. The average molecular weight is 389 g/mol. The van der Waals surface area contributed by atoms with E-state index in [4.69, 9.17) is 9.47 Å². The number of pyridine rings is 1. The Morgan fingerprint density at radius 3 is 2.66 bits per heavy atom. The van der Waals surface area contributed by atoms with Gasteiger partial charge in [0.05, 0.1) is 11.9 Å². The van der Waals surface area contributed by atoms with Crippen molar-refractivity contribution in [2.24, 2.45) is 0 Å². The molecule has 1 amide bonds. The lowest BCUT2D eigenvalue weighted by Crippen LogP contribution is -2.23. The number of amides is 1. The highest BCUT2D eigenvalue weighted by Gasteiger charge is 2.14. The summed E-state index contributed by atoms with van der Waals surface area (Å²) in [6.07, 6.45) is 3.75. The van der Waals surface area contributed by atoms with Crippen LogP contribution < -0.4 is 20.1 Å². The highest BCUT2D eigenvalue weighted by molar-refractivity contribution is 5.92. The number of fused-ring (bicyclic) bond motifs is 1. The van der Waals surface area contributed by atoms with Gasteiger partial charge in [0.2, 0.25) is 6.79 Å². The Morgan fingerprint density at radius 2 is 1.83 bits per heavy atom. The maximum absolute atomic E-state index is 12.3. The van der Waals surface area contributed by atoms with Gasteiger partial charge in [0.1, 0.15) is 5.69 Å². The normalized spacial score (nSPS) is 11.9. The molecule has 0 spiro atoms. The average Bonchev–Trinajstić information content (AvgIpc) is 3.24. The van der Waals surface area contributed by atoms with Crippen molar-refractivity contribution in [3.63, 3.8) is 0 Å². The van der Waals surface area contributed by atoms with Crippen molar-refractivity contribution in [1.82, 2.24) is 10.3 Å². The molecule has 0 bridgehead atoms. The van der Waals surface area contributed by atoms with Gasteiger partial charge in [0.25, 0.3) is 5.91 Å². The highest BCUT2D eigenvalue weighted by atomic mass is 16.7. The van der Waals surface area contributed by atoms with Crippen molar-refractivity contribution in [2.45, 2.75) is 19.4 Å². The predicted molar refractivity (Wildman–Crippen MR) is 111 cm³/mol. The molecule has 0 atom stereocenters. The van der Waals surface area contributed by atoms with Gasteiger partial charge in [-0.25, -0.2) is 4.98 Å². The number of aryl methyl sites for hydroxylation is 1. The van der Waals surface area contributed by atoms with E-state index in [1.54, 1.807) is 12.3 Å². The van der Waals surface area contributed by atoms with Crippen molar-refractivity contribution in [3.8, 4) is 11.5 Å². The van der Waals surface area contributed by atoms with Crippen LogP contribution >= 0.6 is 0 Å². The Balaban J connectivity index is 1.22. The fraction of sp³-hybridized carbons (Fsp3) is 0.217. The molecule has 148 valence electrons. The Labute approximate surface area is 169 Å². The zero-order valence-electron chi connectivity index (χ0n) is 16.1. The molecule has 2 N–H and O–H groups in total. The van der Waals surface area contributed by atoms with E-state index >= 15 is 0 Å². The summed E-state index contributed by atoms with van der Waals surface area (Å²) < 4.78 is 10.6. The van der Waals surface area contributed by atoms with E-state index in [2.05, 4.69) is 39.9 Å². The summed E-state index contributed by atoms with van der Waals surface area (Å²) in [4.78, 5) is 16.6. The summed E-state index contributed by atoms with van der Waals surface area (Å²) in [6, 6.07) is 19.7. The van der Waals surface area contributed by atoms with Crippen LogP contribution in [0.4, 0.5) is 5.69 Å². The number of carbonyl (C=O) groups excluding carboxylic acids is 1. The lowest BCUT2D eigenvalue weighted by molar-refractivity contribution is 0.0946. The van der Waals surface area contributed by atoms with Crippen LogP contribution in [0.25, 0.3) is 0 Å². The Morgan fingerprint density at radius 1 is 0.966 bits per heavy atom. The number of ether oxygens (including phenoxy) is 2. The molecule has 6 nitrogen and oxygen atoms in total. The standard InChI is InChI=1S/C23H23N3O3/c27-23(26-14-18-8-11-21-22(13-18)29-16-28-21)20-10-9-19(15-25-20)24-12-4-7-17-5-2-1-3-6-17/h1-3,5-6,8-11,13,15,24H,4,7,12,14,16H2,(H,26,27). The van der Waals surface area contributed by atoms with E-state index in [1.807, 2.05) is 30.3 Å². The van der Waals surface area contributed by atoms with Crippen LogP contribution in [0, 0.1) is 0 Å². The SMILES string of the molecule is O=C(NCc1ccc2c(c1)OCO2)c1ccc(NCCCc2ccccc2)cn1. The summed E-state index contributed by atoms with van der Waals surface area (Å²) in [6.45, 7) is 1.49. The monoisotopic (exact) mass is 389 g/mol. The molecule has 0 radical (unpaired) electrons. The molecule has 0 saturated heterocycles. The molecular weight excluding hydrogens is 366 g/mol. The molecule has 0 unspecified atom stereocenters. The van der Waals surface area contributed by atoms with Crippen LogP contribution in [-0.4, -0.2) is 24.2 Å². The number of anilines is 1. The first-order chi connectivity index (χ1) is 14.3. The first-order valence-corrected chi connectivity index (χ1v) is 9.68. The number of hydrogen-bond donors (Lipinski definition) is 2. The molecule has 0 aliphatic carbocycles. The summed E-state index contributed by atoms with van der Waals surface area (Å²) in [5.74, 6) is 1.23. The van der Waals surface area contributed by atoms with Gasteiger partial charge < -0.3 is 20.1 Å². The minimum absolute atomic E-state index is 0.210. The van der Waals surface area contributed by atoms with Crippen molar-refractivity contribution >= 4 is 11.6 Å². The van der Waals surface area contributed by atoms with Crippen LogP contribution in [0.1, 0.15) is 28.0 Å². The van der Waals surface area contributed by atoms with Crippen molar-refractivity contribution < 1.29 is 14.3 Å². The zero-order valence-corrected chi connectivity index (χ0v) is 16.1. The largest absolute Gasteiger partial charge is 0.454 e. The number of rotatable bonds is 8. The number of aromatic nitrogens is 1. The van der Waals surface area contributed by atoms with E-state index in [9.17, 15) is 4.79 Å². The molecule has 0 fully saturated rings. The van der Waals surface area contributed by atoms with Crippen molar-refractivity contribution in [1.29, 1.82) is 0 Å². The van der Waals surface area contributed by atoms with Gasteiger partial charge in [0, 0.05) is 13.1 Å². The fourth-order valence-electron chi connectivity index (χ4n) is 3.13. The lowest BCUT2D eigenvalue weighted by atomic mass is 10.1. The van der Waals surface area contributed by atoms with Crippen LogP contribution in [0.2, 0.25) is 0 Å². The molecule has 2 aromatic carbocycles. The molecule has 6 heteroatoms. The lowest BCUT2D eigenvalue weighted by Gasteiger charge is -2.08. The highest BCUT2D eigenvalue weighted by Crippen LogP contribution is 2.32. The van der Waals surface area contributed by atoms with Gasteiger partial charge >= 0.3 is 0 Å². The second kappa shape index (κ2) is 9.10. The van der Waals surface area contributed by atoms with Crippen LogP contribution in [-0.2, 0) is 13.0 Å². The molecule has 4 rings (SSSR count). The van der Waals surface area contributed by atoms with E-state index in [0.717, 1.165) is 36.4 Å².